The van der Waals surface area contributed by atoms with Crippen LogP contribution < -0.4 is 15.0 Å². The van der Waals surface area contributed by atoms with Gasteiger partial charge in [-0.1, -0.05) is 0 Å². The molecule has 2 heterocycles. The van der Waals surface area contributed by atoms with Crippen molar-refractivity contribution in [2.24, 2.45) is 0 Å². The highest BCUT2D eigenvalue weighted by molar-refractivity contribution is 6.03. The fourth-order valence-electron chi connectivity index (χ4n) is 3.91. The predicted octanol–water partition coefficient (Wildman–Crippen LogP) is 5.09. The Morgan fingerprint density at radius 1 is 1.19 bits per heavy atom. The first-order chi connectivity index (χ1) is 14.8. The molecule has 0 spiro atoms. The molecule has 2 aromatic rings. The lowest BCUT2D eigenvalue weighted by Crippen LogP contribution is -2.19. The van der Waals surface area contributed by atoms with Crippen LogP contribution in [-0.4, -0.2) is 36.3 Å². The summed E-state index contributed by atoms with van der Waals surface area (Å²) in [7, 11) is 0. The van der Waals surface area contributed by atoms with Gasteiger partial charge in [-0.25, -0.2) is 4.39 Å². The molecule has 1 saturated carbocycles. The van der Waals surface area contributed by atoms with Gasteiger partial charge in [0.2, 0.25) is 0 Å². The fraction of sp³-hybridized carbons (Fsp3) is 0.524. The number of carbonyl (C=O) groups excluding carboxylic acids is 1. The van der Waals surface area contributed by atoms with E-state index in [1.54, 1.807) is 4.90 Å². The Morgan fingerprint density at radius 3 is 2.55 bits per heavy atom. The predicted molar refractivity (Wildman–Crippen MR) is 105 cm³/mol. The third kappa shape index (κ3) is 5.29. The molecule has 0 bridgehead atoms. The van der Waals surface area contributed by atoms with Crippen LogP contribution >= 0.6 is 0 Å². The molecule has 1 saturated heterocycles. The summed E-state index contributed by atoms with van der Waals surface area (Å²) in [5.74, 6) is -2.02. The number of hydrogen-bond donors (Lipinski definition) is 1. The Labute approximate surface area is 176 Å². The Balaban J connectivity index is 1.51. The van der Waals surface area contributed by atoms with Crippen molar-refractivity contribution >= 4 is 17.6 Å². The van der Waals surface area contributed by atoms with E-state index < -0.39 is 35.8 Å². The molecule has 1 aliphatic heterocycles. The SMILES string of the molecule is O=C(Nc1ccc(OC2CCCC2)c(F)c1)c1nc(N2CCCC2)oc1CC(F)(F)F. The van der Waals surface area contributed by atoms with E-state index in [0.717, 1.165) is 44.6 Å². The average Bonchev–Trinajstić information content (AvgIpc) is 3.44. The molecule has 1 aromatic carbocycles. The second kappa shape index (κ2) is 8.76. The number of benzene rings is 1. The molecule has 1 amide bonds. The summed E-state index contributed by atoms with van der Waals surface area (Å²) in [6.45, 7) is 1.20. The highest BCUT2D eigenvalue weighted by atomic mass is 19.4. The summed E-state index contributed by atoms with van der Waals surface area (Å²) in [5.41, 5.74) is -0.365. The monoisotopic (exact) mass is 441 g/mol. The first kappa shape index (κ1) is 21.5. The van der Waals surface area contributed by atoms with E-state index >= 15 is 0 Å². The normalized spacial score (nSPS) is 17.4. The number of hydrogen-bond acceptors (Lipinski definition) is 5. The zero-order chi connectivity index (χ0) is 22.0. The van der Waals surface area contributed by atoms with Crippen molar-refractivity contribution in [2.75, 3.05) is 23.3 Å². The van der Waals surface area contributed by atoms with Crippen molar-refractivity contribution in [1.82, 2.24) is 4.98 Å². The molecule has 168 valence electrons. The van der Waals surface area contributed by atoms with Crippen LogP contribution in [0.3, 0.4) is 0 Å². The van der Waals surface area contributed by atoms with Crippen LogP contribution in [0.25, 0.3) is 0 Å². The van der Waals surface area contributed by atoms with Gasteiger partial charge in [-0.3, -0.25) is 4.79 Å². The van der Waals surface area contributed by atoms with E-state index in [9.17, 15) is 22.4 Å². The van der Waals surface area contributed by atoms with E-state index in [0.29, 0.717) is 13.1 Å². The number of anilines is 2. The number of rotatable bonds is 6. The number of nitrogens with zero attached hydrogens (tertiary/aromatic N) is 2. The van der Waals surface area contributed by atoms with Crippen LogP contribution in [-0.2, 0) is 6.42 Å². The summed E-state index contributed by atoms with van der Waals surface area (Å²) in [6, 6.07) is 3.91. The maximum absolute atomic E-state index is 14.4. The lowest BCUT2D eigenvalue weighted by molar-refractivity contribution is -0.130. The number of ether oxygens (including phenoxy) is 1. The standard InChI is InChI=1S/C21H23F4N3O3/c22-15-11-13(7-8-16(15)30-14-5-1-2-6-14)26-19(29)18-17(12-21(23,24)25)31-20(27-18)28-9-3-4-10-28/h7-8,11,14H,1-6,9-10,12H2,(H,26,29). The van der Waals surface area contributed by atoms with Crippen molar-refractivity contribution in [2.45, 2.75) is 57.2 Å². The largest absolute Gasteiger partial charge is 0.487 e. The van der Waals surface area contributed by atoms with E-state index in [1.165, 1.54) is 12.1 Å². The minimum Gasteiger partial charge on any atom is -0.487 e. The zero-order valence-corrected chi connectivity index (χ0v) is 16.8. The molecule has 6 nitrogen and oxygen atoms in total. The molecule has 31 heavy (non-hydrogen) atoms. The lowest BCUT2D eigenvalue weighted by Gasteiger charge is -2.14. The smallest absolute Gasteiger partial charge is 0.396 e. The Morgan fingerprint density at radius 2 is 1.90 bits per heavy atom. The second-order valence-electron chi connectivity index (χ2n) is 7.88. The summed E-state index contributed by atoms with van der Waals surface area (Å²) < 4.78 is 64.2. The lowest BCUT2D eigenvalue weighted by atomic mass is 10.2. The van der Waals surface area contributed by atoms with Crippen molar-refractivity contribution in [3.8, 4) is 5.75 Å². The van der Waals surface area contributed by atoms with E-state index in [1.807, 2.05) is 0 Å². The van der Waals surface area contributed by atoms with Gasteiger partial charge in [0.05, 0.1) is 6.10 Å². The molecule has 2 aliphatic rings. The fourth-order valence-corrected chi connectivity index (χ4v) is 3.91. The first-order valence-electron chi connectivity index (χ1n) is 10.4. The average molecular weight is 441 g/mol. The van der Waals surface area contributed by atoms with Crippen molar-refractivity contribution in [3.05, 3.63) is 35.5 Å². The van der Waals surface area contributed by atoms with Gasteiger partial charge in [-0.2, -0.15) is 18.2 Å². The van der Waals surface area contributed by atoms with E-state index in [-0.39, 0.29) is 23.6 Å². The van der Waals surface area contributed by atoms with Crippen LogP contribution in [0.15, 0.2) is 22.6 Å². The van der Waals surface area contributed by atoms with Gasteiger partial charge < -0.3 is 19.4 Å². The van der Waals surface area contributed by atoms with Crippen LogP contribution in [0.5, 0.6) is 5.75 Å². The third-order valence-corrected chi connectivity index (χ3v) is 5.42. The molecule has 1 aromatic heterocycles. The molecule has 0 radical (unpaired) electrons. The molecule has 0 unspecified atom stereocenters. The minimum absolute atomic E-state index is 0.00612. The van der Waals surface area contributed by atoms with Crippen LogP contribution in [0.4, 0.5) is 29.3 Å². The van der Waals surface area contributed by atoms with Gasteiger partial charge in [0, 0.05) is 24.8 Å². The molecule has 4 rings (SSSR count). The van der Waals surface area contributed by atoms with Crippen molar-refractivity contribution < 1.29 is 31.5 Å². The maximum atomic E-state index is 14.4. The Kier molecular flexibility index (Phi) is 6.06. The molecule has 1 aliphatic carbocycles. The van der Waals surface area contributed by atoms with E-state index in [4.69, 9.17) is 9.15 Å². The number of amides is 1. The number of nitrogens with one attached hydrogen (secondary N) is 1. The van der Waals surface area contributed by atoms with Gasteiger partial charge in [0.1, 0.15) is 12.2 Å². The molecular formula is C21H23F4N3O3. The number of alkyl halides is 3. The highest BCUT2D eigenvalue weighted by Crippen LogP contribution is 2.30. The van der Waals surface area contributed by atoms with Crippen LogP contribution in [0.1, 0.15) is 54.8 Å². The highest BCUT2D eigenvalue weighted by Gasteiger charge is 2.35. The topological polar surface area (TPSA) is 67.6 Å². The van der Waals surface area contributed by atoms with Gasteiger partial charge >= 0.3 is 6.18 Å². The molecule has 0 atom stereocenters. The summed E-state index contributed by atoms with van der Waals surface area (Å²) in [5, 5.41) is 2.41. The second-order valence-corrected chi connectivity index (χ2v) is 7.88. The van der Waals surface area contributed by atoms with Gasteiger partial charge in [0.15, 0.2) is 17.3 Å². The molecular weight excluding hydrogens is 418 g/mol. The number of oxazole rings is 1. The third-order valence-electron chi connectivity index (χ3n) is 5.42. The Hall–Kier alpha value is -2.78. The van der Waals surface area contributed by atoms with Gasteiger partial charge in [0.25, 0.3) is 11.9 Å². The number of carbonyl (C=O) groups is 1. The Bertz CT molecular complexity index is 932. The summed E-state index contributed by atoms with van der Waals surface area (Å²) >= 11 is 0. The number of halogens is 4. The van der Waals surface area contributed by atoms with Gasteiger partial charge in [-0.05, 0) is 50.7 Å². The quantitative estimate of drug-likeness (QED) is 0.633. The molecule has 10 heteroatoms. The van der Waals surface area contributed by atoms with Gasteiger partial charge in [-0.15, -0.1) is 0 Å². The van der Waals surface area contributed by atoms with Crippen molar-refractivity contribution in [3.63, 3.8) is 0 Å². The van der Waals surface area contributed by atoms with Crippen molar-refractivity contribution in [1.29, 1.82) is 0 Å². The minimum atomic E-state index is -4.57. The number of aromatic nitrogens is 1. The first-order valence-corrected chi connectivity index (χ1v) is 10.4. The van der Waals surface area contributed by atoms with E-state index in [2.05, 4.69) is 10.3 Å². The molecule has 1 N–H and O–H groups in total. The zero-order valence-electron chi connectivity index (χ0n) is 16.8. The molecule has 2 fully saturated rings. The maximum Gasteiger partial charge on any atom is 0.396 e. The van der Waals surface area contributed by atoms with Crippen LogP contribution in [0, 0.1) is 5.82 Å². The summed E-state index contributed by atoms with van der Waals surface area (Å²) in [4.78, 5) is 18.4. The van der Waals surface area contributed by atoms with Crippen LogP contribution in [0.2, 0.25) is 0 Å². The summed E-state index contributed by atoms with van der Waals surface area (Å²) in [6.07, 6.45) is -0.465.